The largest absolute Gasteiger partial charge is 0.369 e. The number of rotatable bonds is 7. The number of hydrogen-bond donors (Lipinski definition) is 1. The molecule has 7 heteroatoms. The first-order valence-corrected chi connectivity index (χ1v) is 10.6. The molecule has 0 spiro atoms. The normalized spacial score (nSPS) is 11.4. The van der Waals surface area contributed by atoms with Gasteiger partial charge in [-0.25, -0.2) is 15.0 Å². The molecule has 4 aromatic rings. The molecule has 0 aliphatic rings. The van der Waals surface area contributed by atoms with E-state index in [1.165, 1.54) is 11.1 Å². The summed E-state index contributed by atoms with van der Waals surface area (Å²) in [5.41, 5.74) is 2.37. The van der Waals surface area contributed by atoms with Crippen LogP contribution < -0.4 is 5.32 Å². The minimum Gasteiger partial charge on any atom is -0.369 e. The van der Waals surface area contributed by atoms with Crippen LogP contribution in [0, 0.1) is 0 Å². The fraction of sp³-hybridized carbons (Fsp3) is 0.250. The first kappa shape index (κ1) is 18.0. The first-order chi connectivity index (χ1) is 13.2. The van der Waals surface area contributed by atoms with E-state index in [9.17, 15) is 0 Å². The zero-order valence-electron chi connectivity index (χ0n) is 15.3. The summed E-state index contributed by atoms with van der Waals surface area (Å²) < 4.78 is 0. The minimum absolute atomic E-state index is 0.718. The Hall–Kier alpha value is -2.35. The van der Waals surface area contributed by atoms with E-state index in [1.54, 1.807) is 22.7 Å². The first-order valence-electron chi connectivity index (χ1n) is 8.81. The number of aromatic nitrogens is 3. The van der Waals surface area contributed by atoms with Gasteiger partial charge in [0.05, 0.1) is 16.9 Å². The third-order valence-electron chi connectivity index (χ3n) is 4.14. The Balaban J connectivity index is 1.71. The molecule has 0 bridgehead atoms. The molecule has 4 rings (SSSR count). The SMILES string of the molecule is CN(C)Cc1nc(NCCc2nccs2)c2c(-c3ccccc3)csc2n1. The van der Waals surface area contributed by atoms with Crippen molar-refractivity contribution in [1.82, 2.24) is 19.9 Å². The van der Waals surface area contributed by atoms with E-state index in [-0.39, 0.29) is 0 Å². The number of anilines is 1. The number of nitrogens with one attached hydrogen (secondary N) is 1. The van der Waals surface area contributed by atoms with E-state index < -0.39 is 0 Å². The molecule has 0 unspecified atom stereocenters. The van der Waals surface area contributed by atoms with Gasteiger partial charge in [0.2, 0.25) is 0 Å². The molecule has 0 aliphatic carbocycles. The van der Waals surface area contributed by atoms with Crippen molar-refractivity contribution < 1.29 is 0 Å². The highest BCUT2D eigenvalue weighted by Gasteiger charge is 2.15. The van der Waals surface area contributed by atoms with Crippen LogP contribution in [0.15, 0.2) is 47.3 Å². The Morgan fingerprint density at radius 3 is 2.67 bits per heavy atom. The fourth-order valence-electron chi connectivity index (χ4n) is 2.96. The molecule has 0 saturated carbocycles. The summed E-state index contributed by atoms with van der Waals surface area (Å²) in [6.45, 7) is 1.51. The van der Waals surface area contributed by atoms with Gasteiger partial charge < -0.3 is 10.2 Å². The van der Waals surface area contributed by atoms with Crippen LogP contribution in [0.1, 0.15) is 10.8 Å². The average molecular weight is 396 g/mol. The van der Waals surface area contributed by atoms with E-state index in [0.717, 1.165) is 46.4 Å². The predicted octanol–water partition coefficient (Wildman–Crippen LogP) is 4.53. The summed E-state index contributed by atoms with van der Waals surface area (Å²) >= 11 is 3.36. The molecule has 138 valence electrons. The fourth-order valence-corrected chi connectivity index (χ4v) is 4.55. The van der Waals surface area contributed by atoms with Crippen LogP contribution in [-0.4, -0.2) is 40.5 Å². The molecule has 27 heavy (non-hydrogen) atoms. The molecule has 0 amide bonds. The molecular formula is C20H21N5S2. The van der Waals surface area contributed by atoms with Gasteiger partial charge in [0, 0.05) is 35.5 Å². The van der Waals surface area contributed by atoms with Crippen LogP contribution in [0.2, 0.25) is 0 Å². The Kier molecular flexibility index (Phi) is 5.42. The van der Waals surface area contributed by atoms with Gasteiger partial charge >= 0.3 is 0 Å². The zero-order valence-corrected chi connectivity index (χ0v) is 17.0. The van der Waals surface area contributed by atoms with Crippen molar-refractivity contribution in [1.29, 1.82) is 0 Å². The third-order valence-corrected chi connectivity index (χ3v) is 5.85. The standard InChI is InChI=1S/C20H21N5S2/c1-25(2)12-16-23-19(22-9-8-17-21-10-11-26-17)18-15(13-27-20(18)24-16)14-6-4-3-5-7-14/h3-7,10-11,13H,8-9,12H2,1-2H3,(H,22,23,24). The summed E-state index contributed by atoms with van der Waals surface area (Å²) in [5.74, 6) is 1.75. The van der Waals surface area contributed by atoms with Crippen LogP contribution >= 0.6 is 22.7 Å². The molecule has 1 N–H and O–H groups in total. The molecular weight excluding hydrogens is 374 g/mol. The van der Waals surface area contributed by atoms with Crippen molar-refractivity contribution in [2.24, 2.45) is 0 Å². The molecule has 3 aromatic heterocycles. The lowest BCUT2D eigenvalue weighted by molar-refractivity contribution is 0.391. The van der Waals surface area contributed by atoms with Gasteiger partial charge in [-0.1, -0.05) is 30.3 Å². The van der Waals surface area contributed by atoms with Gasteiger partial charge in [-0.2, -0.15) is 0 Å². The average Bonchev–Trinajstić information content (AvgIpc) is 3.31. The molecule has 5 nitrogen and oxygen atoms in total. The summed E-state index contributed by atoms with van der Waals surface area (Å²) in [6.07, 6.45) is 2.74. The molecule has 0 atom stereocenters. The highest BCUT2D eigenvalue weighted by Crippen LogP contribution is 2.37. The molecule has 1 aromatic carbocycles. The summed E-state index contributed by atoms with van der Waals surface area (Å²) in [4.78, 5) is 17.1. The number of thiazole rings is 1. The van der Waals surface area contributed by atoms with Gasteiger partial charge in [-0.3, -0.25) is 0 Å². The monoisotopic (exact) mass is 395 g/mol. The second-order valence-electron chi connectivity index (χ2n) is 6.52. The third kappa shape index (κ3) is 4.16. The van der Waals surface area contributed by atoms with Crippen LogP contribution in [0.3, 0.4) is 0 Å². The lowest BCUT2D eigenvalue weighted by Gasteiger charge is -2.12. The quantitative estimate of drug-likeness (QED) is 0.498. The van der Waals surface area contributed by atoms with Crippen LogP contribution in [0.5, 0.6) is 0 Å². The maximum atomic E-state index is 4.84. The second-order valence-corrected chi connectivity index (χ2v) is 8.36. The summed E-state index contributed by atoms with van der Waals surface area (Å²) in [5, 5.41) is 9.97. The summed E-state index contributed by atoms with van der Waals surface area (Å²) in [6, 6.07) is 10.4. The molecule has 0 saturated heterocycles. The Bertz CT molecular complexity index is 1010. The van der Waals surface area contributed by atoms with Crippen LogP contribution in [0.4, 0.5) is 5.82 Å². The Labute approximate surface area is 166 Å². The lowest BCUT2D eigenvalue weighted by atomic mass is 10.1. The highest BCUT2D eigenvalue weighted by molar-refractivity contribution is 7.17. The van der Waals surface area contributed by atoms with E-state index >= 15 is 0 Å². The van der Waals surface area contributed by atoms with Gasteiger partial charge in [-0.15, -0.1) is 22.7 Å². The molecule has 0 aliphatic heterocycles. The van der Waals surface area contributed by atoms with E-state index in [4.69, 9.17) is 9.97 Å². The van der Waals surface area contributed by atoms with Crippen molar-refractivity contribution >= 4 is 38.7 Å². The molecule has 0 radical (unpaired) electrons. The number of hydrogen-bond acceptors (Lipinski definition) is 7. The maximum Gasteiger partial charge on any atom is 0.146 e. The van der Waals surface area contributed by atoms with Crippen molar-refractivity contribution in [3.8, 4) is 11.1 Å². The smallest absolute Gasteiger partial charge is 0.146 e. The summed E-state index contributed by atoms with van der Waals surface area (Å²) in [7, 11) is 4.07. The van der Waals surface area contributed by atoms with Crippen LogP contribution in [-0.2, 0) is 13.0 Å². The Morgan fingerprint density at radius 2 is 1.93 bits per heavy atom. The minimum atomic E-state index is 0.718. The van der Waals surface area contributed by atoms with Gasteiger partial charge in [0.15, 0.2) is 0 Å². The Morgan fingerprint density at radius 1 is 1.07 bits per heavy atom. The van der Waals surface area contributed by atoms with Gasteiger partial charge in [0.1, 0.15) is 16.5 Å². The highest BCUT2D eigenvalue weighted by atomic mass is 32.1. The molecule has 0 fully saturated rings. The number of fused-ring (bicyclic) bond motifs is 1. The van der Waals surface area contributed by atoms with E-state index in [0.29, 0.717) is 0 Å². The van der Waals surface area contributed by atoms with Crippen molar-refractivity contribution in [2.75, 3.05) is 26.0 Å². The van der Waals surface area contributed by atoms with E-state index in [1.807, 2.05) is 31.7 Å². The van der Waals surface area contributed by atoms with Crippen molar-refractivity contribution in [3.05, 3.63) is 58.1 Å². The molecule has 3 heterocycles. The number of nitrogens with zero attached hydrogens (tertiary/aromatic N) is 4. The zero-order chi connectivity index (χ0) is 18.6. The number of thiophene rings is 1. The van der Waals surface area contributed by atoms with Crippen molar-refractivity contribution in [2.45, 2.75) is 13.0 Å². The topological polar surface area (TPSA) is 53.9 Å². The predicted molar refractivity (Wildman–Crippen MR) is 115 cm³/mol. The maximum absolute atomic E-state index is 4.84. The lowest BCUT2D eigenvalue weighted by Crippen LogP contribution is -2.15. The van der Waals surface area contributed by atoms with Crippen LogP contribution in [0.25, 0.3) is 21.3 Å². The van der Waals surface area contributed by atoms with E-state index in [2.05, 4.69) is 44.8 Å². The second kappa shape index (κ2) is 8.12. The van der Waals surface area contributed by atoms with Crippen molar-refractivity contribution in [3.63, 3.8) is 0 Å². The van der Waals surface area contributed by atoms with Gasteiger partial charge in [0.25, 0.3) is 0 Å². The van der Waals surface area contributed by atoms with Gasteiger partial charge in [-0.05, 0) is 19.7 Å². The number of benzene rings is 1.